The molecule has 5 heteroatoms. The summed E-state index contributed by atoms with van der Waals surface area (Å²) in [5.41, 5.74) is 5.03. The number of pyridine rings is 1. The van der Waals surface area contributed by atoms with Crippen molar-refractivity contribution < 1.29 is 0 Å². The van der Waals surface area contributed by atoms with Gasteiger partial charge in [-0.1, -0.05) is 0 Å². The Morgan fingerprint density at radius 1 is 0.842 bits per heavy atom. The Morgan fingerprint density at radius 2 is 1.37 bits per heavy atom. The molecule has 0 amide bonds. The first-order chi connectivity index (χ1) is 17.9. The maximum atomic E-state index is 5.29. The normalized spacial score (nSPS) is 12.9. The summed E-state index contributed by atoms with van der Waals surface area (Å²) >= 11 is -2.70. The Bertz CT molecular complexity index is 1150. The van der Waals surface area contributed by atoms with Crippen LogP contribution >= 0.6 is 0 Å². The van der Waals surface area contributed by atoms with Gasteiger partial charge >= 0.3 is 240 Å². The van der Waals surface area contributed by atoms with Crippen LogP contribution in [0, 0.1) is 0 Å². The monoisotopic (exact) mass is 641 g/mol. The van der Waals surface area contributed by atoms with Crippen molar-refractivity contribution in [3.05, 3.63) is 42.7 Å². The van der Waals surface area contributed by atoms with Crippen LogP contribution < -0.4 is 8.48 Å². The van der Waals surface area contributed by atoms with E-state index in [-0.39, 0.29) is 5.04 Å². The summed E-state index contributed by atoms with van der Waals surface area (Å²) in [6.45, 7) is 19.6. The number of fused-ring (bicyclic) bond motifs is 1. The molecule has 0 atom stereocenters. The molecule has 0 bridgehead atoms. The van der Waals surface area contributed by atoms with E-state index in [1.165, 1.54) is 79.7 Å². The van der Waals surface area contributed by atoms with Crippen molar-refractivity contribution in [2.24, 2.45) is 0 Å². The van der Waals surface area contributed by atoms with E-state index in [0.29, 0.717) is 0 Å². The third-order valence-electron chi connectivity index (χ3n) is 9.40. The summed E-state index contributed by atoms with van der Waals surface area (Å²) in [4.78, 5) is 7.46. The first-order valence-corrected chi connectivity index (χ1v) is 25.6. The van der Waals surface area contributed by atoms with Gasteiger partial charge in [-0.25, -0.2) is 0 Å². The minimum absolute atomic E-state index is 0.257. The van der Waals surface area contributed by atoms with Crippen LogP contribution in [0.4, 0.5) is 5.69 Å². The molecule has 3 aromatic rings. The SMILES string of the molecule is CCC[CH2][Sn]([CH2]CCC)([CH2]CCC)[c]1cn([Si](C)(C)C(C)(C)C)c2ncc(-c3ccc(N(C)C)cc3)cc12. The zero-order valence-electron chi connectivity index (χ0n) is 26.2. The van der Waals surface area contributed by atoms with Gasteiger partial charge in [0.1, 0.15) is 0 Å². The number of unbranched alkanes of at least 4 members (excludes halogenated alkanes) is 3. The van der Waals surface area contributed by atoms with Gasteiger partial charge in [-0.2, -0.15) is 0 Å². The Balaban J connectivity index is 2.32. The molecule has 0 spiro atoms. The summed E-state index contributed by atoms with van der Waals surface area (Å²) in [6.07, 6.45) is 12.9. The third kappa shape index (κ3) is 6.54. The van der Waals surface area contributed by atoms with Crippen LogP contribution in [0.3, 0.4) is 0 Å². The number of anilines is 1. The van der Waals surface area contributed by atoms with Crippen LogP contribution in [0.2, 0.25) is 31.4 Å². The van der Waals surface area contributed by atoms with E-state index in [1.807, 2.05) is 0 Å². The average Bonchev–Trinajstić information content (AvgIpc) is 3.28. The van der Waals surface area contributed by atoms with E-state index < -0.39 is 26.6 Å². The zero-order chi connectivity index (χ0) is 28.1. The number of hydrogen-bond donors (Lipinski definition) is 0. The molecular formula is C33H55N3SiSn. The van der Waals surface area contributed by atoms with E-state index in [1.54, 1.807) is 3.58 Å². The molecule has 3 rings (SSSR count). The first-order valence-electron chi connectivity index (χ1n) is 15.2. The average molecular weight is 641 g/mol. The first kappa shape index (κ1) is 31.3. The van der Waals surface area contributed by atoms with Crippen molar-refractivity contribution in [3.63, 3.8) is 0 Å². The molecule has 0 unspecified atom stereocenters. The molecule has 0 N–H and O–H groups in total. The van der Waals surface area contributed by atoms with E-state index >= 15 is 0 Å². The van der Waals surface area contributed by atoms with Gasteiger partial charge in [0.15, 0.2) is 0 Å². The van der Waals surface area contributed by atoms with Crippen LogP contribution in [0.1, 0.15) is 80.1 Å². The van der Waals surface area contributed by atoms with Gasteiger partial charge in [-0.15, -0.1) is 0 Å². The van der Waals surface area contributed by atoms with Crippen LogP contribution in [-0.4, -0.2) is 49.9 Å². The van der Waals surface area contributed by atoms with Crippen LogP contribution in [0.25, 0.3) is 22.2 Å². The number of nitrogens with zero attached hydrogens (tertiary/aromatic N) is 3. The van der Waals surface area contributed by atoms with Gasteiger partial charge < -0.3 is 0 Å². The zero-order valence-corrected chi connectivity index (χ0v) is 30.1. The van der Waals surface area contributed by atoms with Crippen molar-refractivity contribution >= 4 is 46.9 Å². The van der Waals surface area contributed by atoms with Gasteiger partial charge in [0, 0.05) is 0 Å². The fourth-order valence-electron chi connectivity index (χ4n) is 5.75. The molecule has 38 heavy (non-hydrogen) atoms. The van der Waals surface area contributed by atoms with Gasteiger partial charge in [0.25, 0.3) is 0 Å². The van der Waals surface area contributed by atoms with Crippen molar-refractivity contribution in [2.75, 3.05) is 19.0 Å². The fraction of sp³-hybridized carbons (Fsp3) is 0.606. The fourth-order valence-corrected chi connectivity index (χ4v) is 24.6. The van der Waals surface area contributed by atoms with Crippen LogP contribution in [0.5, 0.6) is 0 Å². The second-order valence-electron chi connectivity index (χ2n) is 13.3. The molecule has 0 saturated heterocycles. The Morgan fingerprint density at radius 3 is 1.82 bits per heavy atom. The second kappa shape index (κ2) is 12.9. The molecule has 210 valence electrons. The van der Waals surface area contributed by atoms with E-state index in [4.69, 9.17) is 4.98 Å². The van der Waals surface area contributed by atoms with Gasteiger partial charge in [-0.05, 0) is 0 Å². The molecule has 0 saturated carbocycles. The van der Waals surface area contributed by atoms with Gasteiger partial charge in [0.05, 0.1) is 0 Å². The molecule has 0 aliphatic rings. The number of rotatable bonds is 13. The summed E-state index contributed by atoms with van der Waals surface area (Å²) in [5, 5.41) is 1.75. The molecule has 3 nitrogen and oxygen atoms in total. The van der Waals surface area contributed by atoms with E-state index in [9.17, 15) is 0 Å². The van der Waals surface area contributed by atoms with Gasteiger partial charge in [0.2, 0.25) is 0 Å². The summed E-state index contributed by atoms with van der Waals surface area (Å²) < 4.78 is 8.97. The number of hydrogen-bond acceptors (Lipinski definition) is 2. The van der Waals surface area contributed by atoms with Crippen molar-refractivity contribution in [1.82, 2.24) is 9.22 Å². The molecule has 1 aromatic carbocycles. The molecule has 2 heterocycles. The van der Waals surface area contributed by atoms with E-state index in [2.05, 4.69) is 121 Å². The predicted octanol–water partition coefficient (Wildman–Crippen LogP) is 9.68. The predicted molar refractivity (Wildman–Crippen MR) is 177 cm³/mol. The maximum absolute atomic E-state index is 5.29. The van der Waals surface area contributed by atoms with Crippen molar-refractivity contribution in [3.8, 4) is 11.1 Å². The molecule has 0 aliphatic heterocycles. The quantitative estimate of drug-likeness (QED) is 0.174. The standard InChI is InChI=1S/C21H28N3Si.3C4H9.Sn/c1-21(2,3)25(6,7)24-13-12-17-14-18(15-22-20(17)24)16-8-10-19(11-9-16)23(4)5;3*1-3-4-2;/h8-11,13-15H,1-7H3;3*1,3-4H2,2H3;. The number of benzene rings is 1. The summed E-state index contributed by atoms with van der Waals surface area (Å²) in [6, 6.07) is 11.5. The topological polar surface area (TPSA) is 21.1 Å². The number of aromatic nitrogens is 2. The molecule has 0 aliphatic carbocycles. The Labute approximate surface area is 239 Å². The van der Waals surface area contributed by atoms with Gasteiger partial charge in [-0.3, -0.25) is 0 Å². The second-order valence-corrected chi connectivity index (χ2v) is 31.6. The third-order valence-corrected chi connectivity index (χ3v) is 30.2. The van der Waals surface area contributed by atoms with Crippen LogP contribution in [0.15, 0.2) is 42.7 Å². The molecule has 2 aromatic heterocycles. The Hall–Kier alpha value is -1.27. The van der Waals surface area contributed by atoms with Crippen LogP contribution in [-0.2, 0) is 0 Å². The molecule has 0 fully saturated rings. The van der Waals surface area contributed by atoms with E-state index in [0.717, 1.165) is 0 Å². The Kier molecular flexibility index (Phi) is 10.6. The molecule has 0 radical (unpaired) electrons. The van der Waals surface area contributed by atoms with Crippen molar-refractivity contribution in [2.45, 2.75) is 112 Å². The molecular weight excluding hydrogens is 585 g/mol. The minimum atomic E-state index is -2.70. The van der Waals surface area contributed by atoms with Crippen molar-refractivity contribution in [1.29, 1.82) is 0 Å². The summed E-state index contributed by atoms with van der Waals surface area (Å²) in [5.74, 6) is 0. The summed E-state index contributed by atoms with van der Waals surface area (Å²) in [7, 11) is 2.38.